The van der Waals surface area contributed by atoms with Crippen molar-refractivity contribution in [1.82, 2.24) is 0 Å². The van der Waals surface area contributed by atoms with Gasteiger partial charge in [-0.05, 0) is 52.2 Å². The highest BCUT2D eigenvalue weighted by molar-refractivity contribution is 9.10. The van der Waals surface area contributed by atoms with Crippen molar-refractivity contribution in [3.05, 3.63) is 51.9 Å². The molecule has 0 aliphatic carbocycles. The molecule has 0 spiro atoms. The molecule has 2 N–H and O–H groups in total. The minimum Gasteiger partial charge on any atom is -0.496 e. The maximum absolute atomic E-state index is 6.13. The fourth-order valence-electron chi connectivity index (χ4n) is 1.75. The molecule has 1 aromatic heterocycles. The van der Waals surface area contributed by atoms with Crippen LogP contribution in [0, 0.1) is 6.92 Å². The lowest BCUT2D eigenvalue weighted by molar-refractivity contribution is 0.411. The summed E-state index contributed by atoms with van der Waals surface area (Å²) in [5.74, 6) is 1.60. The molecule has 0 aliphatic rings. The number of methoxy groups -OCH3 is 1. The zero-order valence-electron chi connectivity index (χ0n) is 9.74. The van der Waals surface area contributed by atoms with Gasteiger partial charge in [0.15, 0.2) is 4.67 Å². The molecule has 0 aliphatic heterocycles. The first-order valence-electron chi connectivity index (χ1n) is 5.27. The van der Waals surface area contributed by atoms with E-state index in [1.807, 2.05) is 37.3 Å². The molecular formula is C13H14BrNO2. The summed E-state index contributed by atoms with van der Waals surface area (Å²) in [5.41, 5.74) is 8.20. The molecule has 2 aromatic rings. The van der Waals surface area contributed by atoms with E-state index in [4.69, 9.17) is 14.9 Å². The van der Waals surface area contributed by atoms with Crippen LogP contribution in [0.3, 0.4) is 0 Å². The van der Waals surface area contributed by atoms with E-state index in [0.717, 1.165) is 22.6 Å². The number of furan rings is 1. The third kappa shape index (κ3) is 2.53. The molecule has 1 heterocycles. The first kappa shape index (κ1) is 12.2. The van der Waals surface area contributed by atoms with Crippen molar-refractivity contribution in [1.29, 1.82) is 0 Å². The Morgan fingerprint density at radius 2 is 2.06 bits per heavy atom. The summed E-state index contributed by atoms with van der Waals surface area (Å²) in [6.45, 7) is 1.99. The highest BCUT2D eigenvalue weighted by atomic mass is 79.9. The van der Waals surface area contributed by atoms with Crippen LogP contribution in [0.1, 0.15) is 22.9 Å². The minimum atomic E-state index is -0.258. The monoisotopic (exact) mass is 295 g/mol. The predicted octanol–water partition coefficient (Wildman–Crippen LogP) is 3.41. The van der Waals surface area contributed by atoms with Crippen molar-refractivity contribution in [2.24, 2.45) is 5.73 Å². The van der Waals surface area contributed by atoms with Crippen molar-refractivity contribution in [3.8, 4) is 5.75 Å². The average molecular weight is 296 g/mol. The Hall–Kier alpha value is -1.26. The summed E-state index contributed by atoms with van der Waals surface area (Å²) in [5, 5.41) is 0. The highest BCUT2D eigenvalue weighted by Crippen LogP contribution is 2.27. The van der Waals surface area contributed by atoms with Gasteiger partial charge in [-0.25, -0.2) is 0 Å². The van der Waals surface area contributed by atoms with Crippen molar-refractivity contribution < 1.29 is 9.15 Å². The van der Waals surface area contributed by atoms with Crippen LogP contribution in [0.5, 0.6) is 5.75 Å². The van der Waals surface area contributed by atoms with E-state index in [1.165, 1.54) is 0 Å². The number of benzene rings is 1. The van der Waals surface area contributed by atoms with E-state index < -0.39 is 0 Å². The standard InChI is InChI=1S/C13H14BrNO2/c1-8-7-9(3-4-10(8)16-2)13(15)11-5-6-12(14)17-11/h3-7,13H,15H2,1-2H3. The SMILES string of the molecule is COc1ccc(C(N)c2ccc(Br)o2)cc1C. The van der Waals surface area contributed by atoms with Crippen molar-refractivity contribution in [2.45, 2.75) is 13.0 Å². The van der Waals surface area contributed by atoms with Gasteiger partial charge in [0.05, 0.1) is 13.2 Å². The van der Waals surface area contributed by atoms with E-state index in [-0.39, 0.29) is 6.04 Å². The van der Waals surface area contributed by atoms with Gasteiger partial charge < -0.3 is 14.9 Å². The molecule has 0 saturated carbocycles. The highest BCUT2D eigenvalue weighted by Gasteiger charge is 2.13. The molecule has 0 bridgehead atoms. The topological polar surface area (TPSA) is 48.4 Å². The van der Waals surface area contributed by atoms with E-state index in [1.54, 1.807) is 7.11 Å². The Balaban J connectivity index is 2.31. The van der Waals surface area contributed by atoms with E-state index in [9.17, 15) is 0 Å². The van der Waals surface area contributed by atoms with Crippen LogP contribution in [0.4, 0.5) is 0 Å². The second kappa shape index (κ2) is 4.94. The molecule has 3 nitrogen and oxygen atoms in total. The first-order valence-corrected chi connectivity index (χ1v) is 6.06. The number of hydrogen-bond acceptors (Lipinski definition) is 3. The summed E-state index contributed by atoms with van der Waals surface area (Å²) in [7, 11) is 1.66. The van der Waals surface area contributed by atoms with E-state index in [2.05, 4.69) is 15.9 Å². The van der Waals surface area contributed by atoms with Gasteiger partial charge in [0.2, 0.25) is 0 Å². The third-order valence-corrected chi connectivity index (χ3v) is 3.10. The molecule has 1 aromatic carbocycles. The van der Waals surface area contributed by atoms with Crippen molar-refractivity contribution in [3.63, 3.8) is 0 Å². The smallest absolute Gasteiger partial charge is 0.169 e. The van der Waals surface area contributed by atoms with Crippen LogP contribution in [0.25, 0.3) is 0 Å². The summed E-state index contributed by atoms with van der Waals surface area (Å²) in [6.07, 6.45) is 0. The zero-order valence-corrected chi connectivity index (χ0v) is 11.3. The third-order valence-electron chi connectivity index (χ3n) is 2.68. The van der Waals surface area contributed by atoms with Gasteiger partial charge in [-0.2, -0.15) is 0 Å². The number of halogens is 1. The lowest BCUT2D eigenvalue weighted by Gasteiger charge is -2.12. The fraction of sp³-hybridized carbons (Fsp3) is 0.231. The maximum Gasteiger partial charge on any atom is 0.169 e. The molecule has 4 heteroatoms. The Bertz CT molecular complexity index is 522. The van der Waals surface area contributed by atoms with E-state index >= 15 is 0 Å². The number of nitrogens with two attached hydrogens (primary N) is 1. The molecule has 0 fully saturated rings. The van der Waals surface area contributed by atoms with Crippen LogP contribution in [-0.4, -0.2) is 7.11 Å². The molecular weight excluding hydrogens is 282 g/mol. The Morgan fingerprint density at radius 3 is 2.59 bits per heavy atom. The predicted molar refractivity (Wildman–Crippen MR) is 70.2 cm³/mol. The minimum absolute atomic E-state index is 0.258. The largest absolute Gasteiger partial charge is 0.496 e. The normalized spacial score (nSPS) is 12.5. The Labute approximate surface area is 109 Å². The second-order valence-electron chi connectivity index (χ2n) is 3.85. The fourth-order valence-corrected chi connectivity index (χ4v) is 2.07. The van der Waals surface area contributed by atoms with Crippen LogP contribution in [-0.2, 0) is 0 Å². The number of ether oxygens (including phenoxy) is 1. The molecule has 2 rings (SSSR count). The molecule has 1 unspecified atom stereocenters. The van der Waals surface area contributed by atoms with E-state index in [0.29, 0.717) is 4.67 Å². The quantitative estimate of drug-likeness (QED) is 0.944. The van der Waals surface area contributed by atoms with Gasteiger partial charge in [-0.15, -0.1) is 0 Å². The first-order chi connectivity index (χ1) is 8.11. The van der Waals surface area contributed by atoms with Crippen LogP contribution in [0.15, 0.2) is 39.4 Å². The molecule has 0 radical (unpaired) electrons. The van der Waals surface area contributed by atoms with Gasteiger partial charge in [0.25, 0.3) is 0 Å². The molecule has 17 heavy (non-hydrogen) atoms. The summed E-state index contributed by atoms with van der Waals surface area (Å²) >= 11 is 3.27. The average Bonchev–Trinajstić information content (AvgIpc) is 2.75. The second-order valence-corrected chi connectivity index (χ2v) is 4.63. The number of rotatable bonds is 3. The van der Waals surface area contributed by atoms with Crippen LogP contribution in [0.2, 0.25) is 0 Å². The molecule has 0 amide bonds. The van der Waals surface area contributed by atoms with Crippen molar-refractivity contribution in [2.75, 3.05) is 7.11 Å². The zero-order chi connectivity index (χ0) is 12.4. The van der Waals surface area contributed by atoms with Gasteiger partial charge in [-0.3, -0.25) is 0 Å². The number of hydrogen-bond donors (Lipinski definition) is 1. The Kier molecular flexibility index (Phi) is 3.54. The number of aryl methyl sites for hydroxylation is 1. The lowest BCUT2D eigenvalue weighted by atomic mass is 10.0. The van der Waals surface area contributed by atoms with Crippen molar-refractivity contribution >= 4 is 15.9 Å². The Morgan fingerprint density at radius 1 is 1.29 bits per heavy atom. The lowest BCUT2D eigenvalue weighted by Crippen LogP contribution is -2.11. The summed E-state index contributed by atoms with van der Waals surface area (Å²) in [4.78, 5) is 0. The van der Waals surface area contributed by atoms with Gasteiger partial charge in [-0.1, -0.05) is 12.1 Å². The summed E-state index contributed by atoms with van der Waals surface area (Å²) in [6, 6.07) is 9.33. The van der Waals surface area contributed by atoms with Gasteiger partial charge in [0.1, 0.15) is 11.5 Å². The van der Waals surface area contributed by atoms with Crippen LogP contribution < -0.4 is 10.5 Å². The molecule has 0 saturated heterocycles. The van der Waals surface area contributed by atoms with Gasteiger partial charge in [0, 0.05) is 0 Å². The summed E-state index contributed by atoms with van der Waals surface area (Å²) < 4.78 is 11.4. The molecule has 90 valence electrons. The maximum atomic E-state index is 6.13. The van der Waals surface area contributed by atoms with Gasteiger partial charge >= 0.3 is 0 Å². The van der Waals surface area contributed by atoms with Crippen LogP contribution >= 0.6 is 15.9 Å². The molecule has 1 atom stereocenters.